The molecule has 0 bridgehead atoms. The van der Waals surface area contributed by atoms with Crippen molar-refractivity contribution in [2.75, 3.05) is 6.61 Å². The second-order valence-electron chi connectivity index (χ2n) is 7.19. The van der Waals surface area contributed by atoms with Crippen molar-refractivity contribution in [3.05, 3.63) is 71.8 Å². The number of hydrogen-bond acceptors (Lipinski definition) is 6. The molecule has 0 spiro atoms. The highest BCUT2D eigenvalue weighted by Crippen LogP contribution is 2.33. The van der Waals surface area contributed by atoms with Gasteiger partial charge in [0.1, 0.15) is 12.2 Å². The van der Waals surface area contributed by atoms with Crippen molar-refractivity contribution in [1.29, 1.82) is 0 Å². The molecule has 0 aromatic heterocycles. The van der Waals surface area contributed by atoms with Crippen LogP contribution in [0.2, 0.25) is 0 Å². The average molecular weight is 382 g/mol. The number of carbonyl (C=O) groups excluding carboxylic acids is 2. The zero-order valence-corrected chi connectivity index (χ0v) is 16.0. The van der Waals surface area contributed by atoms with E-state index in [1.165, 1.54) is 0 Å². The Balaban J connectivity index is 1.84. The second kappa shape index (κ2) is 8.17. The maximum atomic E-state index is 12.4. The predicted octanol–water partition coefficient (Wildman–Crippen LogP) is 4.41. The standard InChI is InChI=1S/C22H22O6/c1-22(2,3)28-21(24)25-14-17-20(23)27-19(16-12-8-5-9-13-16)18(26-17)15-10-6-4-7-11-15/h4-13,17H,14H2,1-3H3. The maximum Gasteiger partial charge on any atom is 0.508 e. The molecule has 0 saturated carbocycles. The first kappa shape index (κ1) is 19.5. The minimum Gasteiger partial charge on any atom is -0.470 e. The first-order valence-corrected chi connectivity index (χ1v) is 8.93. The summed E-state index contributed by atoms with van der Waals surface area (Å²) in [4.78, 5) is 24.2. The van der Waals surface area contributed by atoms with Crippen LogP contribution >= 0.6 is 0 Å². The van der Waals surface area contributed by atoms with Crippen LogP contribution in [0.4, 0.5) is 4.79 Å². The van der Waals surface area contributed by atoms with E-state index in [1.807, 2.05) is 60.7 Å². The SMILES string of the molecule is CC(C)(C)OC(=O)OCC1OC(c2ccccc2)=C(c2ccccc2)OC1=O. The molecule has 6 nitrogen and oxygen atoms in total. The molecular weight excluding hydrogens is 360 g/mol. The minimum absolute atomic E-state index is 0.313. The summed E-state index contributed by atoms with van der Waals surface area (Å²) in [6, 6.07) is 18.5. The van der Waals surface area contributed by atoms with Gasteiger partial charge in [-0.25, -0.2) is 9.59 Å². The molecule has 28 heavy (non-hydrogen) atoms. The Bertz CT molecular complexity index is 865. The summed E-state index contributed by atoms with van der Waals surface area (Å²) in [6.07, 6.45) is -1.96. The monoisotopic (exact) mass is 382 g/mol. The molecule has 0 saturated heterocycles. The van der Waals surface area contributed by atoms with Gasteiger partial charge in [0.25, 0.3) is 0 Å². The summed E-state index contributed by atoms with van der Waals surface area (Å²) in [5, 5.41) is 0. The van der Waals surface area contributed by atoms with Crippen LogP contribution < -0.4 is 0 Å². The molecule has 146 valence electrons. The van der Waals surface area contributed by atoms with E-state index in [4.69, 9.17) is 18.9 Å². The van der Waals surface area contributed by atoms with Gasteiger partial charge in [0.2, 0.25) is 6.10 Å². The molecule has 0 fully saturated rings. The van der Waals surface area contributed by atoms with Gasteiger partial charge in [0.05, 0.1) is 0 Å². The predicted molar refractivity (Wildman–Crippen MR) is 103 cm³/mol. The molecule has 0 radical (unpaired) electrons. The summed E-state index contributed by atoms with van der Waals surface area (Å²) in [5.41, 5.74) is 0.762. The van der Waals surface area contributed by atoms with Crippen LogP contribution in [0.5, 0.6) is 0 Å². The summed E-state index contributed by atoms with van der Waals surface area (Å²) in [6.45, 7) is 4.86. The van der Waals surface area contributed by atoms with E-state index in [-0.39, 0.29) is 6.61 Å². The molecule has 1 aliphatic heterocycles. The van der Waals surface area contributed by atoms with Gasteiger partial charge in [-0.05, 0) is 20.8 Å². The lowest BCUT2D eigenvalue weighted by atomic mass is 10.1. The molecule has 3 rings (SSSR count). The van der Waals surface area contributed by atoms with Gasteiger partial charge in [-0.2, -0.15) is 0 Å². The molecule has 1 unspecified atom stereocenters. The molecule has 1 heterocycles. The quantitative estimate of drug-likeness (QED) is 0.730. The lowest BCUT2D eigenvalue weighted by Crippen LogP contribution is -2.36. The van der Waals surface area contributed by atoms with Crippen molar-refractivity contribution in [3.8, 4) is 0 Å². The Hall–Kier alpha value is -3.28. The second-order valence-corrected chi connectivity index (χ2v) is 7.19. The van der Waals surface area contributed by atoms with E-state index >= 15 is 0 Å². The van der Waals surface area contributed by atoms with E-state index in [0.29, 0.717) is 17.1 Å². The molecule has 6 heteroatoms. The summed E-state index contributed by atoms with van der Waals surface area (Å²) in [7, 11) is 0. The average Bonchev–Trinajstić information content (AvgIpc) is 2.67. The molecule has 1 aliphatic rings. The van der Waals surface area contributed by atoms with Crippen molar-refractivity contribution in [1.82, 2.24) is 0 Å². The van der Waals surface area contributed by atoms with Crippen LogP contribution in [-0.4, -0.2) is 30.4 Å². The molecule has 2 aromatic rings. The smallest absolute Gasteiger partial charge is 0.470 e. The van der Waals surface area contributed by atoms with Crippen LogP contribution in [0, 0.1) is 0 Å². The number of hydrogen-bond donors (Lipinski definition) is 0. The zero-order valence-electron chi connectivity index (χ0n) is 16.0. The highest BCUT2D eigenvalue weighted by atomic mass is 16.7. The van der Waals surface area contributed by atoms with Gasteiger partial charge in [-0.3, -0.25) is 0 Å². The fourth-order valence-electron chi connectivity index (χ4n) is 2.55. The minimum atomic E-state index is -1.09. The van der Waals surface area contributed by atoms with Crippen molar-refractivity contribution in [3.63, 3.8) is 0 Å². The van der Waals surface area contributed by atoms with Crippen LogP contribution in [-0.2, 0) is 23.7 Å². The number of esters is 1. The summed E-state index contributed by atoms with van der Waals surface area (Å²) >= 11 is 0. The van der Waals surface area contributed by atoms with Gasteiger partial charge >= 0.3 is 12.1 Å². The Morgan fingerprint density at radius 2 is 1.46 bits per heavy atom. The third-order valence-electron chi connectivity index (χ3n) is 3.75. The number of carbonyl (C=O) groups is 2. The largest absolute Gasteiger partial charge is 0.508 e. The topological polar surface area (TPSA) is 71.1 Å². The van der Waals surface area contributed by atoms with E-state index in [2.05, 4.69) is 0 Å². The number of ether oxygens (including phenoxy) is 4. The van der Waals surface area contributed by atoms with Crippen LogP contribution in [0.1, 0.15) is 31.9 Å². The first-order valence-electron chi connectivity index (χ1n) is 8.93. The number of cyclic esters (lactones) is 1. The molecular formula is C22H22O6. The summed E-state index contributed by atoms with van der Waals surface area (Å²) in [5.74, 6) is 0.0941. The Kier molecular flexibility index (Phi) is 5.68. The van der Waals surface area contributed by atoms with Crippen molar-refractivity contribution in [2.45, 2.75) is 32.5 Å². The van der Waals surface area contributed by atoms with E-state index in [0.717, 1.165) is 5.56 Å². The molecule has 0 aliphatic carbocycles. The maximum absolute atomic E-state index is 12.4. The van der Waals surface area contributed by atoms with E-state index < -0.39 is 23.8 Å². The third-order valence-corrected chi connectivity index (χ3v) is 3.75. The zero-order chi connectivity index (χ0) is 20.1. The van der Waals surface area contributed by atoms with Gasteiger partial charge in [-0.1, -0.05) is 60.7 Å². The van der Waals surface area contributed by atoms with E-state index in [1.54, 1.807) is 20.8 Å². The Labute approximate surface area is 163 Å². The normalized spacial score (nSPS) is 16.8. The van der Waals surface area contributed by atoms with Gasteiger partial charge in [0, 0.05) is 11.1 Å². The van der Waals surface area contributed by atoms with Crippen molar-refractivity contribution in [2.24, 2.45) is 0 Å². The molecule has 2 aromatic carbocycles. The van der Waals surface area contributed by atoms with Crippen molar-refractivity contribution < 1.29 is 28.5 Å². The third kappa shape index (κ3) is 4.91. The molecule has 1 atom stereocenters. The highest BCUT2D eigenvalue weighted by molar-refractivity contribution is 5.94. The summed E-state index contributed by atoms with van der Waals surface area (Å²) < 4.78 is 21.6. The lowest BCUT2D eigenvalue weighted by Gasteiger charge is -2.27. The number of rotatable bonds is 4. The van der Waals surface area contributed by atoms with Crippen LogP contribution in [0.15, 0.2) is 60.7 Å². The fraction of sp³-hybridized carbons (Fsp3) is 0.273. The highest BCUT2D eigenvalue weighted by Gasteiger charge is 2.35. The van der Waals surface area contributed by atoms with E-state index in [9.17, 15) is 9.59 Å². The van der Waals surface area contributed by atoms with Gasteiger partial charge < -0.3 is 18.9 Å². The van der Waals surface area contributed by atoms with Gasteiger partial charge in [-0.15, -0.1) is 0 Å². The van der Waals surface area contributed by atoms with Crippen LogP contribution in [0.25, 0.3) is 11.5 Å². The Morgan fingerprint density at radius 1 is 0.929 bits per heavy atom. The number of benzene rings is 2. The molecule has 0 amide bonds. The lowest BCUT2D eigenvalue weighted by molar-refractivity contribution is -0.151. The van der Waals surface area contributed by atoms with Gasteiger partial charge in [0.15, 0.2) is 11.5 Å². The fourth-order valence-corrected chi connectivity index (χ4v) is 2.55. The van der Waals surface area contributed by atoms with Crippen LogP contribution in [0.3, 0.4) is 0 Å². The first-order chi connectivity index (χ1) is 13.3. The molecule has 0 N–H and O–H groups in total. The Morgan fingerprint density at radius 3 is 2.00 bits per heavy atom. The van der Waals surface area contributed by atoms with Crippen molar-refractivity contribution >= 4 is 23.6 Å².